The van der Waals surface area contributed by atoms with Gasteiger partial charge in [0.2, 0.25) is 5.91 Å². The molecule has 0 unspecified atom stereocenters. The maximum atomic E-state index is 12.0. The van der Waals surface area contributed by atoms with E-state index in [2.05, 4.69) is 21.5 Å². The molecule has 0 aliphatic carbocycles. The van der Waals surface area contributed by atoms with Crippen LogP contribution in [0.1, 0.15) is 36.0 Å². The van der Waals surface area contributed by atoms with Crippen molar-refractivity contribution < 1.29 is 19.4 Å². The minimum atomic E-state index is -1.14. The number of terminal acetylenes is 1. The van der Waals surface area contributed by atoms with Crippen LogP contribution in [0.25, 0.3) is 0 Å². The number of ether oxygens (including phenoxy) is 1. The van der Waals surface area contributed by atoms with Crippen molar-refractivity contribution in [2.24, 2.45) is 10.2 Å². The van der Waals surface area contributed by atoms with Gasteiger partial charge < -0.3 is 15.2 Å². The third-order valence-corrected chi connectivity index (χ3v) is 3.54. The molecule has 1 aromatic carbocycles. The van der Waals surface area contributed by atoms with Crippen LogP contribution in [0.4, 0.5) is 5.69 Å². The molecule has 1 heterocycles. The number of carbonyl (C=O) groups is 2. The van der Waals surface area contributed by atoms with Gasteiger partial charge in [-0.3, -0.25) is 4.79 Å². The third kappa shape index (κ3) is 4.30. The van der Waals surface area contributed by atoms with Crippen molar-refractivity contribution >= 4 is 17.6 Å². The molecule has 2 N–H and O–H groups in total. The third-order valence-electron chi connectivity index (χ3n) is 3.54. The minimum Gasteiger partial charge on any atom is -0.497 e. The van der Waals surface area contributed by atoms with E-state index in [0.29, 0.717) is 25.0 Å². The lowest BCUT2D eigenvalue weighted by atomic mass is 10.0. The molecule has 0 atom stereocenters. The molecule has 0 bridgehead atoms. The van der Waals surface area contributed by atoms with Crippen LogP contribution in [-0.4, -0.2) is 29.8 Å². The standard InChI is InChI=1S/C16H17N3O4/c1-3-4-8-16(18-19-16)9-7-14(20)17-13-6-5-11(23-2)10-12(13)15(21)22/h1,5-6,10H,4,7-9H2,2H3,(H,17,20)(H,21,22). The first kappa shape index (κ1) is 16.5. The van der Waals surface area contributed by atoms with Crippen molar-refractivity contribution in [2.45, 2.75) is 31.3 Å². The Bertz CT molecular complexity index is 685. The van der Waals surface area contributed by atoms with E-state index >= 15 is 0 Å². The van der Waals surface area contributed by atoms with E-state index in [1.807, 2.05) is 0 Å². The van der Waals surface area contributed by atoms with E-state index in [-0.39, 0.29) is 23.6 Å². The Morgan fingerprint density at radius 3 is 2.70 bits per heavy atom. The van der Waals surface area contributed by atoms with Crippen LogP contribution < -0.4 is 10.1 Å². The number of methoxy groups -OCH3 is 1. The van der Waals surface area contributed by atoms with Gasteiger partial charge in [0.15, 0.2) is 5.66 Å². The number of hydrogen-bond acceptors (Lipinski definition) is 5. The van der Waals surface area contributed by atoms with Crippen LogP contribution in [0.2, 0.25) is 0 Å². The van der Waals surface area contributed by atoms with Gasteiger partial charge in [-0.05, 0) is 18.2 Å². The lowest BCUT2D eigenvalue weighted by Crippen LogP contribution is -2.19. The summed E-state index contributed by atoms with van der Waals surface area (Å²) in [7, 11) is 1.44. The van der Waals surface area contributed by atoms with Crippen molar-refractivity contribution in [3.05, 3.63) is 23.8 Å². The molecule has 1 amide bonds. The number of carbonyl (C=O) groups excluding carboxylic acids is 1. The second-order valence-electron chi connectivity index (χ2n) is 5.15. The fraction of sp³-hybridized carbons (Fsp3) is 0.375. The number of nitrogens with one attached hydrogen (secondary N) is 1. The van der Waals surface area contributed by atoms with Gasteiger partial charge in [-0.25, -0.2) is 4.79 Å². The molecule has 0 saturated carbocycles. The van der Waals surface area contributed by atoms with Gasteiger partial charge >= 0.3 is 5.97 Å². The highest BCUT2D eigenvalue weighted by Gasteiger charge is 2.39. The van der Waals surface area contributed by atoms with Gasteiger partial charge in [0.05, 0.1) is 18.4 Å². The van der Waals surface area contributed by atoms with Crippen molar-refractivity contribution in [2.75, 3.05) is 12.4 Å². The summed E-state index contributed by atoms with van der Waals surface area (Å²) in [5, 5.41) is 19.7. The lowest BCUT2D eigenvalue weighted by Gasteiger charge is -2.11. The number of hydrogen-bond donors (Lipinski definition) is 2. The summed E-state index contributed by atoms with van der Waals surface area (Å²) in [5.41, 5.74) is -0.328. The van der Waals surface area contributed by atoms with Gasteiger partial charge in [0, 0.05) is 25.7 Å². The second kappa shape index (κ2) is 6.92. The Morgan fingerprint density at radius 1 is 1.39 bits per heavy atom. The normalized spacial score (nSPS) is 13.9. The fourth-order valence-electron chi connectivity index (χ4n) is 2.13. The zero-order valence-corrected chi connectivity index (χ0v) is 12.7. The van der Waals surface area contributed by atoms with Gasteiger partial charge in [-0.15, -0.1) is 12.3 Å². The largest absolute Gasteiger partial charge is 0.497 e. The van der Waals surface area contributed by atoms with E-state index in [4.69, 9.17) is 11.2 Å². The number of rotatable bonds is 8. The van der Waals surface area contributed by atoms with Crippen LogP contribution in [0.3, 0.4) is 0 Å². The molecule has 0 spiro atoms. The maximum Gasteiger partial charge on any atom is 0.337 e. The quantitative estimate of drug-likeness (QED) is 0.720. The number of nitrogens with zero attached hydrogens (tertiary/aromatic N) is 2. The molecule has 7 nitrogen and oxygen atoms in total. The van der Waals surface area contributed by atoms with Gasteiger partial charge in [0.25, 0.3) is 0 Å². The van der Waals surface area contributed by atoms with E-state index in [9.17, 15) is 14.7 Å². The molecule has 23 heavy (non-hydrogen) atoms. The van der Waals surface area contributed by atoms with Crippen molar-refractivity contribution in [3.8, 4) is 18.1 Å². The molecule has 0 aromatic heterocycles. The molecular formula is C16H17N3O4. The van der Waals surface area contributed by atoms with Crippen LogP contribution >= 0.6 is 0 Å². The lowest BCUT2D eigenvalue weighted by molar-refractivity contribution is -0.116. The first-order valence-electron chi connectivity index (χ1n) is 7.08. The van der Waals surface area contributed by atoms with E-state index < -0.39 is 11.6 Å². The van der Waals surface area contributed by atoms with Gasteiger partial charge in [0.1, 0.15) is 5.75 Å². The molecule has 120 valence electrons. The van der Waals surface area contributed by atoms with Crippen molar-refractivity contribution in [1.29, 1.82) is 0 Å². The number of carboxylic acids is 1. The summed E-state index contributed by atoms with van der Waals surface area (Å²) in [6.07, 6.45) is 7.03. The molecule has 1 aromatic rings. The summed E-state index contributed by atoms with van der Waals surface area (Å²) in [5.74, 6) is 1.49. The van der Waals surface area contributed by atoms with E-state index in [1.54, 1.807) is 6.07 Å². The molecule has 2 rings (SSSR count). The zero-order valence-electron chi connectivity index (χ0n) is 12.7. The van der Waals surface area contributed by atoms with Crippen molar-refractivity contribution in [3.63, 3.8) is 0 Å². The Morgan fingerprint density at radius 2 is 2.13 bits per heavy atom. The Labute approximate surface area is 133 Å². The number of anilines is 1. The maximum absolute atomic E-state index is 12.0. The summed E-state index contributed by atoms with van der Waals surface area (Å²) < 4.78 is 4.99. The highest BCUT2D eigenvalue weighted by molar-refractivity contribution is 6.00. The average molecular weight is 315 g/mol. The van der Waals surface area contributed by atoms with Gasteiger partial charge in [-0.1, -0.05) is 0 Å². The predicted molar refractivity (Wildman–Crippen MR) is 83.5 cm³/mol. The average Bonchev–Trinajstić information content (AvgIpc) is 3.31. The highest BCUT2D eigenvalue weighted by atomic mass is 16.5. The zero-order chi connectivity index (χ0) is 16.9. The first-order chi connectivity index (χ1) is 11.0. The summed E-state index contributed by atoms with van der Waals surface area (Å²) in [4.78, 5) is 23.3. The van der Waals surface area contributed by atoms with Crippen LogP contribution in [0.15, 0.2) is 28.4 Å². The monoisotopic (exact) mass is 315 g/mol. The summed E-state index contributed by atoms with van der Waals surface area (Å²) in [6.45, 7) is 0. The van der Waals surface area contributed by atoms with Crippen molar-refractivity contribution in [1.82, 2.24) is 0 Å². The molecule has 0 radical (unpaired) electrons. The summed E-state index contributed by atoms with van der Waals surface area (Å²) in [6, 6.07) is 4.44. The minimum absolute atomic E-state index is 0.0273. The fourth-order valence-corrected chi connectivity index (χ4v) is 2.13. The van der Waals surface area contributed by atoms with Crippen LogP contribution in [0, 0.1) is 12.3 Å². The van der Waals surface area contributed by atoms with E-state index in [1.165, 1.54) is 19.2 Å². The molecule has 7 heteroatoms. The smallest absolute Gasteiger partial charge is 0.337 e. The summed E-state index contributed by atoms with van der Waals surface area (Å²) >= 11 is 0. The molecular weight excluding hydrogens is 298 g/mol. The second-order valence-corrected chi connectivity index (χ2v) is 5.15. The number of amides is 1. The number of benzene rings is 1. The SMILES string of the molecule is C#CCCC1(CCC(=O)Nc2ccc(OC)cc2C(=O)O)N=N1. The number of carboxylic acid groups (broad SMARTS) is 1. The van der Waals surface area contributed by atoms with E-state index in [0.717, 1.165) is 0 Å². The first-order valence-corrected chi connectivity index (χ1v) is 7.08. The van der Waals surface area contributed by atoms with Crippen LogP contribution in [0.5, 0.6) is 5.75 Å². The number of aromatic carboxylic acids is 1. The molecule has 1 aliphatic heterocycles. The topological polar surface area (TPSA) is 100 Å². The van der Waals surface area contributed by atoms with Crippen LogP contribution in [-0.2, 0) is 4.79 Å². The molecule has 0 saturated heterocycles. The highest BCUT2D eigenvalue weighted by Crippen LogP contribution is 2.37. The molecule has 0 fully saturated rings. The molecule has 1 aliphatic rings. The Balaban J connectivity index is 1.95. The van der Waals surface area contributed by atoms with Gasteiger partial charge in [-0.2, -0.15) is 10.2 Å². The Hall–Kier alpha value is -2.88. The Kier molecular flexibility index (Phi) is 4.96. The predicted octanol–water partition coefficient (Wildman–Crippen LogP) is 2.69.